The maximum absolute atomic E-state index is 12.2. The van der Waals surface area contributed by atoms with Crippen LogP contribution in [-0.4, -0.2) is 33.1 Å². The molecule has 2 rings (SSSR count). The lowest BCUT2D eigenvalue weighted by molar-refractivity contribution is 0.0602. The second-order valence-electron chi connectivity index (χ2n) is 4.42. The number of aromatic hydroxyl groups is 1. The van der Waals surface area contributed by atoms with Crippen molar-refractivity contribution in [2.24, 2.45) is 0 Å². The summed E-state index contributed by atoms with van der Waals surface area (Å²) in [6.07, 6.45) is 0.469. The van der Waals surface area contributed by atoms with Gasteiger partial charge in [0.2, 0.25) is 10.0 Å². The highest BCUT2D eigenvalue weighted by Crippen LogP contribution is 2.22. The summed E-state index contributed by atoms with van der Waals surface area (Å²) in [6, 6.07) is 7.89. The molecule has 2 N–H and O–H groups in total. The number of ether oxygens (including phenoxy) is 1. The molecule has 8 heteroatoms. The minimum atomic E-state index is -3.77. The van der Waals surface area contributed by atoms with Gasteiger partial charge in [-0.1, -0.05) is 12.1 Å². The minimum absolute atomic E-state index is 0.0552. The highest BCUT2D eigenvalue weighted by atomic mass is 32.2. The third kappa shape index (κ3) is 3.85. The number of hydrogen-bond acceptors (Lipinski definition) is 6. The Labute approximate surface area is 132 Å². The first kappa shape index (κ1) is 16.5. The molecule has 0 aliphatic carbocycles. The smallest absolute Gasteiger partial charge is 0.349 e. The van der Waals surface area contributed by atoms with E-state index in [1.165, 1.54) is 30.7 Å². The van der Waals surface area contributed by atoms with Crippen LogP contribution in [0.1, 0.15) is 15.2 Å². The maximum atomic E-state index is 12.2. The Hall–Kier alpha value is -1.90. The number of phenols is 1. The van der Waals surface area contributed by atoms with Crippen LogP contribution in [0.25, 0.3) is 0 Å². The van der Waals surface area contributed by atoms with Crippen molar-refractivity contribution in [2.45, 2.75) is 11.3 Å². The van der Waals surface area contributed by atoms with Crippen molar-refractivity contribution < 1.29 is 23.1 Å². The molecule has 0 saturated carbocycles. The van der Waals surface area contributed by atoms with Gasteiger partial charge in [0.15, 0.2) is 0 Å². The molecule has 2 aromatic rings. The van der Waals surface area contributed by atoms with Gasteiger partial charge in [-0.25, -0.2) is 17.9 Å². The third-order valence-electron chi connectivity index (χ3n) is 2.93. The van der Waals surface area contributed by atoms with Crippen LogP contribution in [0.5, 0.6) is 5.75 Å². The topological polar surface area (TPSA) is 92.7 Å². The van der Waals surface area contributed by atoms with Crippen LogP contribution in [0, 0.1) is 0 Å². The van der Waals surface area contributed by atoms with Crippen molar-refractivity contribution in [1.82, 2.24) is 4.72 Å². The maximum Gasteiger partial charge on any atom is 0.349 e. The first-order valence-corrected chi connectivity index (χ1v) is 8.73. The van der Waals surface area contributed by atoms with E-state index in [-0.39, 0.29) is 22.1 Å². The monoisotopic (exact) mass is 341 g/mol. The lowest BCUT2D eigenvalue weighted by Crippen LogP contribution is -2.27. The van der Waals surface area contributed by atoms with E-state index in [4.69, 9.17) is 0 Å². The number of carbonyl (C=O) groups excluding carboxylic acids is 1. The highest BCUT2D eigenvalue weighted by molar-refractivity contribution is 7.89. The predicted octanol–water partition coefficient (Wildman–Crippen LogP) is 1.76. The largest absolute Gasteiger partial charge is 0.508 e. The summed E-state index contributed by atoms with van der Waals surface area (Å²) >= 11 is 1.02. The van der Waals surface area contributed by atoms with Gasteiger partial charge in [-0.05, 0) is 35.6 Å². The number of thiophene rings is 1. The third-order valence-corrected chi connectivity index (χ3v) is 5.46. The average Bonchev–Trinajstić information content (AvgIpc) is 2.99. The summed E-state index contributed by atoms with van der Waals surface area (Å²) in [5.41, 5.74) is 0.888. The van der Waals surface area contributed by atoms with Gasteiger partial charge in [-0.3, -0.25) is 0 Å². The normalized spacial score (nSPS) is 11.3. The summed E-state index contributed by atoms with van der Waals surface area (Å²) in [7, 11) is -2.57. The van der Waals surface area contributed by atoms with Gasteiger partial charge < -0.3 is 9.84 Å². The van der Waals surface area contributed by atoms with Crippen LogP contribution < -0.4 is 4.72 Å². The molecule has 0 unspecified atom stereocenters. The quantitative estimate of drug-likeness (QED) is 0.781. The van der Waals surface area contributed by atoms with Crippen LogP contribution >= 0.6 is 11.3 Å². The molecule has 0 radical (unpaired) electrons. The Bertz CT molecular complexity index is 750. The van der Waals surface area contributed by atoms with Crippen LogP contribution in [0.3, 0.4) is 0 Å². The van der Waals surface area contributed by atoms with E-state index < -0.39 is 16.0 Å². The van der Waals surface area contributed by atoms with Crippen molar-refractivity contribution in [3.8, 4) is 5.75 Å². The number of sulfonamides is 1. The molecule has 0 aliphatic rings. The van der Waals surface area contributed by atoms with E-state index in [0.29, 0.717) is 6.42 Å². The number of methoxy groups -OCH3 is 1. The summed E-state index contributed by atoms with van der Waals surface area (Å²) < 4.78 is 31.5. The van der Waals surface area contributed by atoms with Crippen molar-refractivity contribution in [2.75, 3.05) is 13.7 Å². The molecule has 0 bridgehead atoms. The Kier molecular flexibility index (Phi) is 5.17. The molecule has 22 heavy (non-hydrogen) atoms. The zero-order valence-corrected chi connectivity index (χ0v) is 13.4. The zero-order valence-electron chi connectivity index (χ0n) is 11.8. The lowest BCUT2D eigenvalue weighted by atomic mass is 10.1. The van der Waals surface area contributed by atoms with Crippen molar-refractivity contribution in [3.63, 3.8) is 0 Å². The molecule has 1 aromatic heterocycles. The molecule has 0 fully saturated rings. The number of nitrogens with one attached hydrogen (secondary N) is 1. The first-order chi connectivity index (χ1) is 10.4. The fourth-order valence-electron chi connectivity index (χ4n) is 1.82. The van der Waals surface area contributed by atoms with Crippen molar-refractivity contribution in [3.05, 3.63) is 46.2 Å². The number of hydrogen-bond donors (Lipinski definition) is 2. The molecule has 118 valence electrons. The number of esters is 1. The van der Waals surface area contributed by atoms with Gasteiger partial charge in [-0.15, -0.1) is 11.3 Å². The van der Waals surface area contributed by atoms with E-state index in [1.54, 1.807) is 12.1 Å². The van der Waals surface area contributed by atoms with E-state index in [1.807, 2.05) is 0 Å². The fourth-order valence-corrected chi connectivity index (χ4v) is 4.19. The summed E-state index contributed by atoms with van der Waals surface area (Å²) in [5.74, 6) is -0.515. The van der Waals surface area contributed by atoms with Gasteiger partial charge in [0.05, 0.1) is 7.11 Å². The molecule has 0 atom stereocenters. The van der Waals surface area contributed by atoms with E-state index in [9.17, 15) is 18.3 Å². The molecule has 0 saturated heterocycles. The van der Waals surface area contributed by atoms with Crippen LogP contribution in [0.2, 0.25) is 0 Å². The van der Waals surface area contributed by atoms with Gasteiger partial charge in [-0.2, -0.15) is 0 Å². The molecule has 0 aliphatic heterocycles. The van der Waals surface area contributed by atoms with E-state index >= 15 is 0 Å². The molecular formula is C14H15NO5S2. The summed E-state index contributed by atoms with van der Waals surface area (Å²) in [6.45, 7) is 0.184. The molecule has 1 aromatic carbocycles. The Morgan fingerprint density at radius 3 is 2.59 bits per heavy atom. The SMILES string of the molecule is COC(=O)c1sccc1S(=O)(=O)NCCc1ccc(O)cc1. The number of phenolic OH excluding ortho intramolecular Hbond substituents is 1. The predicted molar refractivity (Wildman–Crippen MR) is 82.7 cm³/mol. The average molecular weight is 341 g/mol. The number of rotatable bonds is 6. The molecular weight excluding hydrogens is 326 g/mol. The molecule has 0 amide bonds. The Morgan fingerprint density at radius 2 is 1.95 bits per heavy atom. The van der Waals surface area contributed by atoms with E-state index in [0.717, 1.165) is 16.9 Å². The lowest BCUT2D eigenvalue weighted by Gasteiger charge is -2.07. The highest BCUT2D eigenvalue weighted by Gasteiger charge is 2.24. The fraction of sp³-hybridized carbons (Fsp3) is 0.214. The summed E-state index contributed by atoms with van der Waals surface area (Å²) in [5, 5.41) is 10.7. The van der Waals surface area contributed by atoms with Crippen LogP contribution in [-0.2, 0) is 21.2 Å². The number of benzene rings is 1. The molecule has 1 heterocycles. The molecule has 6 nitrogen and oxygen atoms in total. The van der Waals surface area contributed by atoms with Crippen LogP contribution in [0.15, 0.2) is 40.6 Å². The zero-order chi connectivity index (χ0) is 16.2. The van der Waals surface area contributed by atoms with Gasteiger partial charge in [0.25, 0.3) is 0 Å². The second kappa shape index (κ2) is 6.91. The van der Waals surface area contributed by atoms with Crippen molar-refractivity contribution in [1.29, 1.82) is 0 Å². The van der Waals surface area contributed by atoms with Gasteiger partial charge in [0.1, 0.15) is 15.5 Å². The standard InChI is InChI=1S/C14H15NO5S2/c1-20-14(17)13-12(7-9-21-13)22(18,19)15-8-6-10-2-4-11(16)5-3-10/h2-5,7,9,15-16H,6,8H2,1H3. The first-order valence-electron chi connectivity index (χ1n) is 6.37. The van der Waals surface area contributed by atoms with Crippen molar-refractivity contribution >= 4 is 27.3 Å². The van der Waals surface area contributed by atoms with Crippen LogP contribution in [0.4, 0.5) is 0 Å². The number of carbonyl (C=O) groups is 1. The minimum Gasteiger partial charge on any atom is -0.508 e. The van der Waals surface area contributed by atoms with Gasteiger partial charge >= 0.3 is 5.97 Å². The van der Waals surface area contributed by atoms with Gasteiger partial charge in [0, 0.05) is 6.54 Å². The van der Waals surface area contributed by atoms with E-state index in [2.05, 4.69) is 9.46 Å². The Morgan fingerprint density at radius 1 is 1.27 bits per heavy atom. The summed E-state index contributed by atoms with van der Waals surface area (Å²) in [4.78, 5) is 11.5. The Balaban J connectivity index is 2.04. The molecule has 0 spiro atoms. The second-order valence-corrected chi connectivity index (χ2v) is 7.07.